The summed E-state index contributed by atoms with van der Waals surface area (Å²) in [5, 5.41) is 13.2. The summed E-state index contributed by atoms with van der Waals surface area (Å²) in [4.78, 5) is 12.0. The third-order valence-electron chi connectivity index (χ3n) is 4.37. The number of carbonyl (C=O) groups excluding carboxylic acids is 1. The standard InChI is InChI=1S/C18H19ClF4N4O4/c19-12-3-2-11(7-13(12)20)30-9-15(28)25-10-1-4-14(24-8-10)16-26-27-17(31-16)29-6-5-18(21,22)23/h2-3,7,10,14,24H,1,4-6,8-9H2,(H,25,28)/t10-,14+/m1/s1. The molecule has 0 saturated carbocycles. The Balaban J connectivity index is 1.38. The second-order valence-electron chi connectivity index (χ2n) is 6.79. The Morgan fingerprint density at radius 2 is 2.10 bits per heavy atom. The molecule has 2 aromatic rings. The zero-order valence-electron chi connectivity index (χ0n) is 16.0. The molecule has 0 radical (unpaired) electrons. The molecule has 2 atom stereocenters. The Hall–Kier alpha value is -2.60. The highest BCUT2D eigenvalue weighted by atomic mass is 35.5. The third-order valence-corrected chi connectivity index (χ3v) is 4.68. The predicted octanol–water partition coefficient (Wildman–Crippen LogP) is 3.18. The smallest absolute Gasteiger partial charge is 0.414 e. The molecule has 1 aromatic carbocycles. The van der Waals surface area contributed by atoms with E-state index in [-0.39, 0.29) is 47.3 Å². The van der Waals surface area contributed by atoms with Crippen molar-refractivity contribution in [2.45, 2.75) is 37.5 Å². The number of hydrogen-bond donors (Lipinski definition) is 2. The number of alkyl halides is 3. The summed E-state index contributed by atoms with van der Waals surface area (Å²) in [7, 11) is 0. The summed E-state index contributed by atoms with van der Waals surface area (Å²) in [6.07, 6.45) is -4.65. The van der Waals surface area contributed by atoms with Crippen molar-refractivity contribution in [2.24, 2.45) is 0 Å². The van der Waals surface area contributed by atoms with E-state index in [1.807, 2.05) is 0 Å². The van der Waals surface area contributed by atoms with E-state index in [2.05, 4.69) is 20.8 Å². The van der Waals surface area contributed by atoms with Gasteiger partial charge in [0, 0.05) is 18.7 Å². The van der Waals surface area contributed by atoms with Crippen LogP contribution in [0.15, 0.2) is 22.6 Å². The van der Waals surface area contributed by atoms with Gasteiger partial charge >= 0.3 is 12.3 Å². The molecule has 0 unspecified atom stereocenters. The average Bonchev–Trinajstić information content (AvgIpc) is 3.17. The van der Waals surface area contributed by atoms with Gasteiger partial charge in [0.25, 0.3) is 5.91 Å². The van der Waals surface area contributed by atoms with Crippen LogP contribution < -0.4 is 20.1 Å². The Kier molecular flexibility index (Phi) is 7.55. The maximum absolute atomic E-state index is 13.4. The fourth-order valence-electron chi connectivity index (χ4n) is 2.85. The second kappa shape index (κ2) is 10.1. The second-order valence-corrected chi connectivity index (χ2v) is 7.19. The molecule has 1 fully saturated rings. The van der Waals surface area contributed by atoms with Crippen LogP contribution in [0.2, 0.25) is 5.02 Å². The summed E-state index contributed by atoms with van der Waals surface area (Å²) < 4.78 is 65.1. The van der Waals surface area contributed by atoms with E-state index in [1.54, 1.807) is 0 Å². The van der Waals surface area contributed by atoms with Gasteiger partial charge < -0.3 is 24.5 Å². The van der Waals surface area contributed by atoms with Crippen LogP contribution in [0.25, 0.3) is 0 Å². The number of ether oxygens (including phenoxy) is 2. The highest BCUT2D eigenvalue weighted by molar-refractivity contribution is 6.30. The van der Waals surface area contributed by atoms with Crippen LogP contribution in [-0.4, -0.2) is 48.1 Å². The first-order valence-corrected chi connectivity index (χ1v) is 9.71. The molecule has 170 valence electrons. The Morgan fingerprint density at radius 1 is 1.29 bits per heavy atom. The van der Waals surface area contributed by atoms with Crippen molar-refractivity contribution in [3.63, 3.8) is 0 Å². The number of halogens is 5. The first kappa shape index (κ1) is 23.1. The number of rotatable bonds is 8. The number of carbonyl (C=O) groups is 1. The summed E-state index contributed by atoms with van der Waals surface area (Å²) in [6, 6.07) is 3.39. The number of piperidine rings is 1. The van der Waals surface area contributed by atoms with E-state index in [1.165, 1.54) is 12.1 Å². The van der Waals surface area contributed by atoms with Crippen molar-refractivity contribution in [1.29, 1.82) is 0 Å². The Morgan fingerprint density at radius 3 is 2.77 bits per heavy atom. The number of benzene rings is 1. The maximum atomic E-state index is 13.4. The molecular weight excluding hydrogens is 448 g/mol. The molecule has 31 heavy (non-hydrogen) atoms. The highest BCUT2D eigenvalue weighted by Crippen LogP contribution is 2.25. The van der Waals surface area contributed by atoms with Crippen molar-refractivity contribution in [1.82, 2.24) is 20.8 Å². The van der Waals surface area contributed by atoms with E-state index < -0.39 is 25.0 Å². The zero-order chi connectivity index (χ0) is 22.4. The van der Waals surface area contributed by atoms with Crippen molar-refractivity contribution in [3.8, 4) is 11.8 Å². The first-order valence-electron chi connectivity index (χ1n) is 9.33. The molecule has 0 aliphatic carbocycles. The zero-order valence-corrected chi connectivity index (χ0v) is 16.8. The number of aromatic nitrogens is 2. The first-order chi connectivity index (χ1) is 14.7. The highest BCUT2D eigenvalue weighted by Gasteiger charge is 2.29. The van der Waals surface area contributed by atoms with Gasteiger partial charge in [-0.05, 0) is 25.0 Å². The van der Waals surface area contributed by atoms with Crippen LogP contribution in [0.5, 0.6) is 11.8 Å². The third kappa shape index (κ3) is 7.24. The van der Waals surface area contributed by atoms with Crippen LogP contribution in [-0.2, 0) is 4.79 Å². The van der Waals surface area contributed by atoms with Gasteiger partial charge in [-0.25, -0.2) is 4.39 Å². The largest absolute Gasteiger partial charge is 0.484 e. The Labute approximate surface area is 179 Å². The number of amides is 1. The molecule has 1 amide bonds. The number of hydrogen-bond acceptors (Lipinski definition) is 7. The Bertz CT molecular complexity index is 888. The number of nitrogens with one attached hydrogen (secondary N) is 2. The summed E-state index contributed by atoms with van der Waals surface area (Å²) >= 11 is 5.59. The summed E-state index contributed by atoms with van der Waals surface area (Å²) in [5.41, 5.74) is 0. The minimum Gasteiger partial charge on any atom is -0.484 e. The lowest BCUT2D eigenvalue weighted by Crippen LogP contribution is -2.48. The molecule has 2 heterocycles. The van der Waals surface area contributed by atoms with Gasteiger partial charge in [-0.1, -0.05) is 16.7 Å². The molecule has 0 spiro atoms. The normalized spacial score (nSPS) is 19.1. The minimum absolute atomic E-state index is 0.0409. The van der Waals surface area contributed by atoms with Gasteiger partial charge in [-0.2, -0.15) is 13.2 Å². The molecule has 1 aliphatic rings. The SMILES string of the molecule is O=C(COc1ccc(Cl)c(F)c1)N[C@@H]1CC[C@@H](c2nnc(OCCC(F)(F)F)o2)NC1. The predicted molar refractivity (Wildman–Crippen MR) is 99.3 cm³/mol. The lowest BCUT2D eigenvalue weighted by atomic mass is 10.0. The van der Waals surface area contributed by atoms with Gasteiger partial charge in [0.15, 0.2) is 6.61 Å². The van der Waals surface area contributed by atoms with E-state index in [0.29, 0.717) is 19.4 Å². The lowest BCUT2D eigenvalue weighted by molar-refractivity contribution is -0.140. The molecule has 13 heteroatoms. The van der Waals surface area contributed by atoms with Crippen LogP contribution >= 0.6 is 11.6 Å². The van der Waals surface area contributed by atoms with Crippen LogP contribution in [0, 0.1) is 5.82 Å². The van der Waals surface area contributed by atoms with E-state index >= 15 is 0 Å². The van der Waals surface area contributed by atoms with E-state index in [9.17, 15) is 22.4 Å². The van der Waals surface area contributed by atoms with E-state index in [4.69, 9.17) is 25.5 Å². The molecule has 1 aliphatic heterocycles. The molecule has 8 nitrogen and oxygen atoms in total. The quantitative estimate of drug-likeness (QED) is 0.576. The van der Waals surface area contributed by atoms with Crippen LogP contribution in [0.3, 0.4) is 0 Å². The van der Waals surface area contributed by atoms with Gasteiger partial charge in [-0.15, -0.1) is 5.10 Å². The van der Waals surface area contributed by atoms with Gasteiger partial charge in [0.1, 0.15) is 18.2 Å². The van der Waals surface area contributed by atoms with Crippen molar-refractivity contribution < 1.29 is 36.2 Å². The molecular formula is C18H19ClF4N4O4. The average molecular weight is 467 g/mol. The molecule has 3 rings (SSSR count). The molecule has 0 bridgehead atoms. The van der Waals surface area contributed by atoms with Crippen LogP contribution in [0.4, 0.5) is 17.6 Å². The van der Waals surface area contributed by atoms with Crippen molar-refractivity contribution in [3.05, 3.63) is 34.9 Å². The fraction of sp³-hybridized carbons (Fsp3) is 0.500. The number of nitrogens with zero attached hydrogens (tertiary/aromatic N) is 2. The molecule has 1 saturated heterocycles. The summed E-state index contributed by atoms with van der Waals surface area (Å²) in [5.74, 6) is -0.640. The molecule has 1 aromatic heterocycles. The van der Waals surface area contributed by atoms with Gasteiger partial charge in [-0.3, -0.25) is 4.79 Å². The fourth-order valence-corrected chi connectivity index (χ4v) is 2.97. The molecule has 2 N–H and O–H groups in total. The lowest BCUT2D eigenvalue weighted by Gasteiger charge is -2.28. The van der Waals surface area contributed by atoms with E-state index in [0.717, 1.165) is 6.07 Å². The monoisotopic (exact) mass is 466 g/mol. The minimum atomic E-state index is -4.33. The summed E-state index contributed by atoms with van der Waals surface area (Å²) in [6.45, 7) is -0.496. The maximum Gasteiger partial charge on any atom is 0.414 e. The van der Waals surface area contributed by atoms with Crippen molar-refractivity contribution >= 4 is 17.5 Å². The van der Waals surface area contributed by atoms with Gasteiger partial charge in [0.05, 0.1) is 17.5 Å². The van der Waals surface area contributed by atoms with Gasteiger partial charge in [0.2, 0.25) is 5.89 Å². The topological polar surface area (TPSA) is 98.5 Å². The van der Waals surface area contributed by atoms with Crippen LogP contribution in [0.1, 0.15) is 31.2 Å². The van der Waals surface area contributed by atoms with Crippen molar-refractivity contribution in [2.75, 3.05) is 19.8 Å².